The Morgan fingerprint density at radius 1 is 1.14 bits per heavy atom. The number of piperidine rings is 1. The van der Waals surface area contributed by atoms with Crippen LogP contribution in [0.25, 0.3) is 0 Å². The van der Waals surface area contributed by atoms with E-state index in [9.17, 15) is 5.11 Å². The first kappa shape index (κ1) is 15.0. The van der Waals surface area contributed by atoms with Crippen LogP contribution in [0.5, 0.6) is 0 Å². The standard InChI is InChI=1S/C18H27NO2/c1-17(2)9-8-16(21-17)14-19-12-10-18(20,11-13-19)15-6-4-3-5-7-15/h3-7,16,20H,8-14H2,1-2H3/t16-/m1/s1. The van der Waals surface area contributed by atoms with Crippen molar-refractivity contribution in [2.24, 2.45) is 0 Å². The fraction of sp³-hybridized carbons (Fsp3) is 0.667. The van der Waals surface area contributed by atoms with E-state index in [1.54, 1.807) is 0 Å². The first-order chi connectivity index (χ1) is 9.97. The van der Waals surface area contributed by atoms with Crippen molar-refractivity contribution >= 4 is 0 Å². The maximum atomic E-state index is 10.8. The SMILES string of the molecule is CC1(C)CC[C@H](CN2CCC(O)(c3ccccc3)CC2)O1. The number of ether oxygens (including phenoxy) is 1. The van der Waals surface area contributed by atoms with Crippen LogP contribution in [0.1, 0.15) is 45.1 Å². The Morgan fingerprint density at radius 2 is 1.81 bits per heavy atom. The second-order valence-corrected chi connectivity index (χ2v) is 7.24. The van der Waals surface area contributed by atoms with Crippen molar-refractivity contribution in [3.63, 3.8) is 0 Å². The Balaban J connectivity index is 1.54. The summed E-state index contributed by atoms with van der Waals surface area (Å²) in [6, 6.07) is 10.1. The molecule has 0 amide bonds. The average Bonchev–Trinajstić information content (AvgIpc) is 2.82. The molecule has 2 aliphatic rings. The maximum absolute atomic E-state index is 10.8. The minimum Gasteiger partial charge on any atom is -0.385 e. The Labute approximate surface area is 127 Å². The highest BCUT2D eigenvalue weighted by Gasteiger charge is 2.37. The molecular weight excluding hydrogens is 262 g/mol. The predicted octanol–water partition coefficient (Wildman–Crippen LogP) is 2.93. The molecule has 0 radical (unpaired) electrons. The molecule has 1 N–H and O–H groups in total. The zero-order valence-corrected chi connectivity index (χ0v) is 13.2. The highest BCUT2D eigenvalue weighted by molar-refractivity contribution is 5.22. The highest BCUT2D eigenvalue weighted by Crippen LogP contribution is 2.34. The lowest BCUT2D eigenvalue weighted by atomic mass is 9.84. The van der Waals surface area contributed by atoms with E-state index in [-0.39, 0.29) is 5.60 Å². The van der Waals surface area contributed by atoms with Crippen LogP contribution in [0.15, 0.2) is 30.3 Å². The van der Waals surface area contributed by atoms with Gasteiger partial charge in [-0.05, 0) is 45.1 Å². The zero-order chi connectivity index (χ0) is 14.9. The molecule has 1 aromatic carbocycles. The van der Waals surface area contributed by atoms with Crippen molar-refractivity contribution in [2.75, 3.05) is 19.6 Å². The van der Waals surface area contributed by atoms with Gasteiger partial charge in [-0.3, -0.25) is 0 Å². The molecule has 2 fully saturated rings. The Bertz CT molecular complexity index is 463. The van der Waals surface area contributed by atoms with Gasteiger partial charge in [0.05, 0.1) is 17.3 Å². The van der Waals surface area contributed by atoms with Crippen LogP contribution < -0.4 is 0 Å². The van der Waals surface area contributed by atoms with Gasteiger partial charge < -0.3 is 14.7 Å². The van der Waals surface area contributed by atoms with Crippen LogP contribution in [0.2, 0.25) is 0 Å². The summed E-state index contributed by atoms with van der Waals surface area (Å²) < 4.78 is 6.08. The third-order valence-electron chi connectivity index (χ3n) is 5.01. The van der Waals surface area contributed by atoms with E-state index < -0.39 is 5.60 Å². The smallest absolute Gasteiger partial charge is 0.0920 e. The summed E-state index contributed by atoms with van der Waals surface area (Å²) in [6.45, 7) is 7.26. The molecule has 116 valence electrons. The fourth-order valence-electron chi connectivity index (χ4n) is 3.64. The van der Waals surface area contributed by atoms with Crippen molar-refractivity contribution in [1.82, 2.24) is 4.90 Å². The molecule has 2 heterocycles. The van der Waals surface area contributed by atoms with Gasteiger partial charge in [-0.25, -0.2) is 0 Å². The lowest BCUT2D eigenvalue weighted by Gasteiger charge is -2.39. The number of nitrogens with zero attached hydrogens (tertiary/aromatic N) is 1. The monoisotopic (exact) mass is 289 g/mol. The highest BCUT2D eigenvalue weighted by atomic mass is 16.5. The molecule has 2 aliphatic heterocycles. The number of hydrogen-bond donors (Lipinski definition) is 1. The summed E-state index contributed by atoms with van der Waals surface area (Å²) in [4.78, 5) is 2.45. The summed E-state index contributed by atoms with van der Waals surface area (Å²) in [6.07, 6.45) is 4.30. The zero-order valence-electron chi connectivity index (χ0n) is 13.2. The molecule has 3 rings (SSSR count). The van der Waals surface area contributed by atoms with Crippen molar-refractivity contribution in [3.05, 3.63) is 35.9 Å². The van der Waals surface area contributed by atoms with Crippen LogP contribution in [-0.2, 0) is 10.3 Å². The van der Waals surface area contributed by atoms with E-state index in [2.05, 4.69) is 18.7 Å². The van der Waals surface area contributed by atoms with Crippen molar-refractivity contribution in [2.45, 2.75) is 56.8 Å². The summed E-state index contributed by atoms with van der Waals surface area (Å²) in [7, 11) is 0. The Kier molecular flexibility index (Phi) is 4.08. The summed E-state index contributed by atoms with van der Waals surface area (Å²) in [5, 5.41) is 10.8. The van der Waals surface area contributed by atoms with Crippen molar-refractivity contribution < 1.29 is 9.84 Å². The fourth-order valence-corrected chi connectivity index (χ4v) is 3.64. The van der Waals surface area contributed by atoms with Crippen molar-refractivity contribution in [1.29, 1.82) is 0 Å². The third kappa shape index (κ3) is 3.47. The van der Waals surface area contributed by atoms with Gasteiger partial charge in [0, 0.05) is 19.6 Å². The van der Waals surface area contributed by atoms with Crippen molar-refractivity contribution in [3.8, 4) is 0 Å². The van der Waals surface area contributed by atoms with Gasteiger partial charge in [-0.1, -0.05) is 30.3 Å². The first-order valence-electron chi connectivity index (χ1n) is 8.15. The van der Waals surface area contributed by atoms with Gasteiger partial charge in [-0.15, -0.1) is 0 Å². The molecule has 2 saturated heterocycles. The molecule has 3 heteroatoms. The van der Waals surface area contributed by atoms with E-state index in [1.165, 1.54) is 0 Å². The van der Waals surface area contributed by atoms with Crippen LogP contribution >= 0.6 is 0 Å². The molecule has 0 unspecified atom stereocenters. The second kappa shape index (κ2) is 5.71. The molecular formula is C18H27NO2. The van der Waals surface area contributed by atoms with E-state index in [1.807, 2.05) is 30.3 Å². The van der Waals surface area contributed by atoms with Gasteiger partial charge in [0.1, 0.15) is 0 Å². The summed E-state index contributed by atoms with van der Waals surface area (Å²) in [5.41, 5.74) is 0.460. The Hall–Kier alpha value is -0.900. The minimum atomic E-state index is -0.645. The summed E-state index contributed by atoms with van der Waals surface area (Å²) >= 11 is 0. The van der Waals surface area contributed by atoms with E-state index >= 15 is 0 Å². The molecule has 0 aromatic heterocycles. The van der Waals surface area contributed by atoms with Gasteiger partial charge >= 0.3 is 0 Å². The molecule has 0 bridgehead atoms. The normalized spacial score (nSPS) is 28.6. The van der Waals surface area contributed by atoms with E-state index in [0.717, 1.165) is 50.9 Å². The van der Waals surface area contributed by atoms with Gasteiger partial charge in [0.25, 0.3) is 0 Å². The quantitative estimate of drug-likeness (QED) is 0.928. The molecule has 0 aliphatic carbocycles. The van der Waals surface area contributed by atoms with Gasteiger partial charge in [0.2, 0.25) is 0 Å². The molecule has 0 saturated carbocycles. The Morgan fingerprint density at radius 3 is 2.38 bits per heavy atom. The molecule has 0 spiro atoms. The van der Waals surface area contributed by atoms with E-state index in [0.29, 0.717) is 6.10 Å². The number of aliphatic hydroxyl groups is 1. The average molecular weight is 289 g/mol. The lowest BCUT2D eigenvalue weighted by molar-refractivity contribution is -0.0567. The van der Waals surface area contributed by atoms with Crippen LogP contribution in [0, 0.1) is 0 Å². The van der Waals surface area contributed by atoms with Gasteiger partial charge in [-0.2, -0.15) is 0 Å². The maximum Gasteiger partial charge on any atom is 0.0920 e. The summed E-state index contributed by atoms with van der Waals surface area (Å²) in [5.74, 6) is 0. The number of hydrogen-bond acceptors (Lipinski definition) is 3. The number of rotatable bonds is 3. The molecule has 21 heavy (non-hydrogen) atoms. The predicted molar refractivity (Wildman–Crippen MR) is 84.2 cm³/mol. The topological polar surface area (TPSA) is 32.7 Å². The van der Waals surface area contributed by atoms with Crippen LogP contribution in [-0.4, -0.2) is 41.3 Å². The molecule has 1 atom stereocenters. The first-order valence-corrected chi connectivity index (χ1v) is 8.15. The number of likely N-dealkylation sites (tertiary alicyclic amines) is 1. The second-order valence-electron chi connectivity index (χ2n) is 7.24. The minimum absolute atomic E-state index is 0.0469. The van der Waals surface area contributed by atoms with Gasteiger partial charge in [0.15, 0.2) is 0 Å². The molecule has 1 aromatic rings. The van der Waals surface area contributed by atoms with Crippen LogP contribution in [0.3, 0.4) is 0 Å². The number of benzene rings is 1. The third-order valence-corrected chi connectivity index (χ3v) is 5.01. The van der Waals surface area contributed by atoms with Crippen LogP contribution in [0.4, 0.5) is 0 Å². The van der Waals surface area contributed by atoms with E-state index in [4.69, 9.17) is 4.74 Å². The lowest BCUT2D eigenvalue weighted by Crippen LogP contribution is -2.45. The molecule has 3 nitrogen and oxygen atoms in total. The largest absolute Gasteiger partial charge is 0.385 e.